The van der Waals surface area contributed by atoms with E-state index in [-0.39, 0.29) is 0 Å². The first-order chi connectivity index (χ1) is 3.93. The van der Waals surface area contributed by atoms with E-state index in [1.807, 2.05) is 12.1 Å². The molecular formula is C6H7NO. The van der Waals surface area contributed by atoms with E-state index in [0.29, 0.717) is 6.54 Å². The van der Waals surface area contributed by atoms with E-state index in [0.717, 1.165) is 5.76 Å². The first-order valence-corrected chi connectivity index (χ1v) is 2.39. The Hall–Kier alpha value is -0.760. The molecule has 1 rings (SSSR count). The van der Waals surface area contributed by atoms with Crippen LogP contribution in [-0.2, 0) is 6.54 Å². The Labute approximate surface area is 48.5 Å². The predicted molar refractivity (Wildman–Crippen MR) is 29.8 cm³/mol. The molecule has 42 valence electrons. The van der Waals surface area contributed by atoms with E-state index in [1.165, 1.54) is 0 Å². The molecule has 2 heteroatoms. The molecule has 0 aliphatic heterocycles. The smallest absolute Gasteiger partial charge is 0.117 e. The summed E-state index contributed by atoms with van der Waals surface area (Å²) in [5, 5.41) is 2.48. The van der Waals surface area contributed by atoms with Gasteiger partial charge < -0.3 is 9.73 Å². The van der Waals surface area contributed by atoms with Gasteiger partial charge in [0.1, 0.15) is 5.76 Å². The largest absolute Gasteiger partial charge is 0.468 e. The zero-order chi connectivity index (χ0) is 5.82. The Morgan fingerprint density at radius 3 is 3.12 bits per heavy atom. The zero-order valence-electron chi connectivity index (χ0n) is 4.42. The van der Waals surface area contributed by atoms with E-state index in [9.17, 15) is 0 Å². The Balaban J connectivity index is 2.50. The number of hydrogen-bond donors (Lipinski definition) is 1. The highest BCUT2D eigenvalue weighted by Crippen LogP contribution is 1.97. The van der Waals surface area contributed by atoms with Crippen LogP contribution in [0.15, 0.2) is 22.8 Å². The minimum Gasteiger partial charge on any atom is -0.468 e. The van der Waals surface area contributed by atoms with Gasteiger partial charge in [-0.2, -0.15) is 0 Å². The van der Waals surface area contributed by atoms with Crippen molar-refractivity contribution in [3.63, 3.8) is 0 Å². The molecule has 0 bridgehead atoms. The van der Waals surface area contributed by atoms with Gasteiger partial charge in [0, 0.05) is 7.05 Å². The summed E-state index contributed by atoms with van der Waals surface area (Å²) in [6.45, 7) is 0.590. The molecule has 1 aromatic heterocycles. The SMILES string of the molecule is [CH]NCc1ccco1. The minimum absolute atomic E-state index is 0.590. The fraction of sp³-hybridized carbons (Fsp3) is 0.167. The second-order valence-electron chi connectivity index (χ2n) is 1.46. The molecule has 0 aliphatic rings. The van der Waals surface area contributed by atoms with Crippen LogP contribution < -0.4 is 5.32 Å². The summed E-state index contributed by atoms with van der Waals surface area (Å²) in [6, 6.07) is 3.69. The van der Waals surface area contributed by atoms with Crippen LogP contribution in [0.4, 0.5) is 0 Å². The maximum absolute atomic E-state index is 5.01. The molecule has 2 nitrogen and oxygen atoms in total. The van der Waals surface area contributed by atoms with Crippen molar-refractivity contribution in [2.75, 3.05) is 0 Å². The third-order valence-electron chi connectivity index (χ3n) is 0.856. The molecule has 0 spiro atoms. The molecular weight excluding hydrogens is 102 g/mol. The highest BCUT2D eigenvalue weighted by atomic mass is 16.3. The van der Waals surface area contributed by atoms with E-state index in [4.69, 9.17) is 11.5 Å². The molecule has 0 fully saturated rings. The van der Waals surface area contributed by atoms with Crippen LogP contribution in [0, 0.1) is 7.05 Å². The molecule has 2 radical (unpaired) electrons. The van der Waals surface area contributed by atoms with E-state index in [2.05, 4.69) is 5.32 Å². The fourth-order valence-electron chi connectivity index (χ4n) is 0.514. The Kier molecular flexibility index (Phi) is 1.70. The lowest BCUT2D eigenvalue weighted by Crippen LogP contribution is -1.99. The summed E-state index contributed by atoms with van der Waals surface area (Å²) < 4.78 is 4.93. The van der Waals surface area contributed by atoms with Crippen molar-refractivity contribution in [3.8, 4) is 0 Å². The van der Waals surface area contributed by atoms with Gasteiger partial charge in [0.2, 0.25) is 0 Å². The summed E-state index contributed by atoms with van der Waals surface area (Å²) in [6.07, 6.45) is 1.62. The first-order valence-electron chi connectivity index (χ1n) is 2.39. The number of nitrogens with one attached hydrogen (secondary N) is 1. The van der Waals surface area contributed by atoms with Gasteiger partial charge in [-0.25, -0.2) is 0 Å². The molecule has 1 N–H and O–H groups in total. The van der Waals surface area contributed by atoms with Crippen LogP contribution in [-0.4, -0.2) is 0 Å². The van der Waals surface area contributed by atoms with Crippen molar-refractivity contribution in [2.24, 2.45) is 0 Å². The average molecular weight is 109 g/mol. The topological polar surface area (TPSA) is 25.2 Å². The maximum Gasteiger partial charge on any atom is 0.117 e. The molecule has 0 saturated carbocycles. The zero-order valence-corrected chi connectivity index (χ0v) is 4.42. The fourth-order valence-corrected chi connectivity index (χ4v) is 0.514. The third-order valence-corrected chi connectivity index (χ3v) is 0.856. The average Bonchev–Trinajstić information content (AvgIpc) is 2.19. The van der Waals surface area contributed by atoms with Crippen molar-refractivity contribution in [1.82, 2.24) is 5.32 Å². The van der Waals surface area contributed by atoms with Gasteiger partial charge in [0.05, 0.1) is 12.8 Å². The van der Waals surface area contributed by atoms with E-state index >= 15 is 0 Å². The minimum atomic E-state index is 0.590. The molecule has 0 aliphatic carbocycles. The molecule has 0 amide bonds. The van der Waals surface area contributed by atoms with Gasteiger partial charge in [0.25, 0.3) is 0 Å². The second-order valence-corrected chi connectivity index (χ2v) is 1.46. The van der Waals surface area contributed by atoms with Crippen LogP contribution in [0.2, 0.25) is 0 Å². The molecule has 0 atom stereocenters. The van der Waals surface area contributed by atoms with Gasteiger partial charge in [-0.1, -0.05) is 0 Å². The maximum atomic E-state index is 5.01. The van der Waals surface area contributed by atoms with Gasteiger partial charge in [-0.3, -0.25) is 0 Å². The first kappa shape index (κ1) is 5.38. The quantitative estimate of drug-likeness (QED) is 0.574. The molecule has 0 unspecified atom stereocenters. The Bertz CT molecular complexity index is 134. The third kappa shape index (κ3) is 1.10. The standard InChI is InChI=1S/C6H7NO/c1-7-5-6-3-2-4-8-6/h1-4,7H,5H2. The predicted octanol–water partition coefficient (Wildman–Crippen LogP) is 1.04. The molecule has 8 heavy (non-hydrogen) atoms. The van der Waals surface area contributed by atoms with E-state index < -0.39 is 0 Å². The van der Waals surface area contributed by atoms with Crippen molar-refractivity contribution in [2.45, 2.75) is 6.54 Å². The van der Waals surface area contributed by atoms with Gasteiger partial charge >= 0.3 is 0 Å². The van der Waals surface area contributed by atoms with Crippen molar-refractivity contribution >= 4 is 0 Å². The highest BCUT2D eigenvalue weighted by molar-refractivity contribution is 4.97. The molecule has 1 heterocycles. The van der Waals surface area contributed by atoms with Crippen LogP contribution >= 0.6 is 0 Å². The van der Waals surface area contributed by atoms with Crippen LogP contribution in [0.3, 0.4) is 0 Å². The molecule has 1 aromatic rings. The monoisotopic (exact) mass is 109 g/mol. The summed E-state index contributed by atoms with van der Waals surface area (Å²) in [5.41, 5.74) is 0. The lowest BCUT2D eigenvalue weighted by atomic mass is 10.4. The van der Waals surface area contributed by atoms with Crippen molar-refractivity contribution < 1.29 is 4.42 Å². The second kappa shape index (κ2) is 2.52. The molecule has 0 saturated heterocycles. The van der Waals surface area contributed by atoms with Crippen molar-refractivity contribution in [1.29, 1.82) is 0 Å². The van der Waals surface area contributed by atoms with Gasteiger partial charge in [-0.05, 0) is 12.1 Å². The summed E-state index contributed by atoms with van der Waals surface area (Å²) in [4.78, 5) is 0. The summed E-state index contributed by atoms with van der Waals surface area (Å²) >= 11 is 0. The normalized spacial score (nSPS) is 9.62. The summed E-state index contributed by atoms with van der Waals surface area (Å²) in [5.74, 6) is 0.854. The Morgan fingerprint density at radius 1 is 1.75 bits per heavy atom. The highest BCUT2D eigenvalue weighted by Gasteiger charge is 1.88. The van der Waals surface area contributed by atoms with Crippen molar-refractivity contribution in [3.05, 3.63) is 31.2 Å². The number of furan rings is 1. The lowest BCUT2D eigenvalue weighted by Gasteiger charge is -1.88. The number of hydrogen-bond acceptors (Lipinski definition) is 2. The van der Waals surface area contributed by atoms with Gasteiger partial charge in [0.15, 0.2) is 0 Å². The Morgan fingerprint density at radius 2 is 2.62 bits per heavy atom. The number of rotatable bonds is 2. The summed E-state index contributed by atoms with van der Waals surface area (Å²) in [7, 11) is 5.01. The lowest BCUT2D eigenvalue weighted by molar-refractivity contribution is 0.499. The van der Waals surface area contributed by atoms with E-state index in [1.54, 1.807) is 6.26 Å². The van der Waals surface area contributed by atoms with Crippen LogP contribution in [0.1, 0.15) is 5.76 Å². The molecule has 0 aromatic carbocycles. The van der Waals surface area contributed by atoms with Gasteiger partial charge in [-0.15, -0.1) is 0 Å². The van der Waals surface area contributed by atoms with Crippen LogP contribution in [0.25, 0.3) is 0 Å². The van der Waals surface area contributed by atoms with Crippen LogP contribution in [0.5, 0.6) is 0 Å².